The first-order valence-electron chi connectivity index (χ1n) is 12.1. The minimum absolute atomic E-state index is 0.0647. The number of nitrogens with zero attached hydrogens (tertiary/aromatic N) is 3. The van der Waals surface area contributed by atoms with Gasteiger partial charge in [0.1, 0.15) is 11.6 Å². The molecule has 8 nitrogen and oxygen atoms in total. The molecule has 0 spiro atoms. The molecule has 1 aliphatic rings. The van der Waals surface area contributed by atoms with Crippen molar-refractivity contribution in [3.63, 3.8) is 0 Å². The van der Waals surface area contributed by atoms with E-state index in [1.807, 2.05) is 24.3 Å². The van der Waals surface area contributed by atoms with Gasteiger partial charge in [-0.15, -0.1) is 0 Å². The number of nitrogens with one attached hydrogen (secondary N) is 2. The van der Waals surface area contributed by atoms with E-state index < -0.39 is 29.0 Å². The summed E-state index contributed by atoms with van der Waals surface area (Å²) in [5.41, 5.74) is 1.61. The Balaban J connectivity index is 1.45. The zero-order valence-electron chi connectivity index (χ0n) is 20.9. The lowest BCUT2D eigenvalue weighted by Crippen LogP contribution is -2.43. The first-order valence-corrected chi connectivity index (χ1v) is 12.1. The molecule has 3 aromatic carbocycles. The van der Waals surface area contributed by atoms with Crippen molar-refractivity contribution in [3.8, 4) is 11.4 Å². The second kappa shape index (κ2) is 10.9. The number of hydrogen-bond donors (Lipinski definition) is 2. The van der Waals surface area contributed by atoms with Crippen LogP contribution < -0.4 is 20.9 Å². The fraction of sp³-hybridized carbons (Fsp3) is 0.179. The van der Waals surface area contributed by atoms with Gasteiger partial charge >= 0.3 is 6.03 Å². The van der Waals surface area contributed by atoms with E-state index in [-0.39, 0.29) is 42.4 Å². The number of aromatic nitrogens is 2. The van der Waals surface area contributed by atoms with E-state index in [9.17, 15) is 22.8 Å². The zero-order chi connectivity index (χ0) is 27.5. The molecule has 1 aromatic heterocycles. The number of anilines is 2. The van der Waals surface area contributed by atoms with E-state index in [0.717, 1.165) is 17.7 Å². The summed E-state index contributed by atoms with van der Waals surface area (Å²) in [5.74, 6) is -1.69. The fourth-order valence-corrected chi connectivity index (χ4v) is 4.32. The molecule has 2 heterocycles. The first-order chi connectivity index (χ1) is 18.8. The lowest BCUT2D eigenvalue weighted by atomic mass is 10.1. The third-order valence-corrected chi connectivity index (χ3v) is 6.36. The molecule has 0 aliphatic carbocycles. The minimum Gasteiger partial charge on any atom is -0.497 e. The van der Waals surface area contributed by atoms with Gasteiger partial charge < -0.3 is 20.3 Å². The van der Waals surface area contributed by atoms with Crippen molar-refractivity contribution < 1.29 is 22.7 Å². The highest BCUT2D eigenvalue weighted by Crippen LogP contribution is 2.22. The predicted molar refractivity (Wildman–Crippen MR) is 140 cm³/mol. The van der Waals surface area contributed by atoms with Crippen molar-refractivity contribution in [1.29, 1.82) is 0 Å². The van der Waals surface area contributed by atoms with Crippen LogP contribution in [-0.2, 0) is 19.5 Å². The van der Waals surface area contributed by atoms with E-state index in [4.69, 9.17) is 4.74 Å². The molecule has 0 bridgehead atoms. The van der Waals surface area contributed by atoms with Crippen molar-refractivity contribution in [3.05, 3.63) is 111 Å². The van der Waals surface area contributed by atoms with Gasteiger partial charge in [0, 0.05) is 31.3 Å². The Labute approximate surface area is 221 Å². The van der Waals surface area contributed by atoms with Crippen LogP contribution in [-0.4, -0.2) is 34.1 Å². The number of halogens is 3. The molecule has 0 saturated carbocycles. The average molecular weight is 536 g/mol. The Morgan fingerprint density at radius 3 is 2.54 bits per heavy atom. The van der Waals surface area contributed by atoms with Crippen molar-refractivity contribution in [2.75, 3.05) is 24.3 Å². The molecule has 0 saturated heterocycles. The Morgan fingerprint density at radius 1 is 1.03 bits per heavy atom. The van der Waals surface area contributed by atoms with Crippen LogP contribution in [0, 0.1) is 17.5 Å². The van der Waals surface area contributed by atoms with Crippen LogP contribution in [0.3, 0.4) is 0 Å². The highest BCUT2D eigenvalue weighted by molar-refractivity contribution is 5.89. The average Bonchev–Trinajstić information content (AvgIpc) is 2.94. The maximum atomic E-state index is 14.1. The molecule has 200 valence electrons. The van der Waals surface area contributed by atoms with Gasteiger partial charge in [-0.3, -0.25) is 4.79 Å². The number of carbonyl (C=O) groups is 1. The number of hydrogen-bond acceptors (Lipinski definition) is 5. The Kier molecular flexibility index (Phi) is 7.22. The summed E-state index contributed by atoms with van der Waals surface area (Å²) in [6, 6.07) is 15.4. The third-order valence-electron chi connectivity index (χ3n) is 6.36. The number of amides is 2. The van der Waals surface area contributed by atoms with E-state index in [2.05, 4.69) is 15.6 Å². The molecule has 0 unspecified atom stereocenters. The van der Waals surface area contributed by atoms with Crippen LogP contribution in [0.4, 0.5) is 29.6 Å². The molecule has 2 N–H and O–H groups in total. The molecule has 0 radical (unpaired) electrons. The molecule has 39 heavy (non-hydrogen) atoms. The molecule has 4 aromatic rings. The minimum atomic E-state index is -1.09. The van der Waals surface area contributed by atoms with E-state index in [1.54, 1.807) is 13.2 Å². The van der Waals surface area contributed by atoms with Crippen LogP contribution in [0.15, 0.2) is 71.5 Å². The van der Waals surface area contributed by atoms with Crippen LogP contribution >= 0.6 is 0 Å². The summed E-state index contributed by atoms with van der Waals surface area (Å²) in [4.78, 5) is 32.7. The number of ether oxygens (including phenoxy) is 1. The SMILES string of the molecule is COc1ccc(CNc2nc3c(c(=O)n2-c2cccc(F)c2)CN(C(=O)Nc2ccc(F)c(F)c2)CC3)cc1. The summed E-state index contributed by atoms with van der Waals surface area (Å²) in [7, 11) is 1.58. The Morgan fingerprint density at radius 2 is 1.82 bits per heavy atom. The zero-order valence-corrected chi connectivity index (χ0v) is 20.9. The maximum absolute atomic E-state index is 14.1. The quantitative estimate of drug-likeness (QED) is 0.368. The van der Waals surface area contributed by atoms with E-state index >= 15 is 0 Å². The van der Waals surface area contributed by atoms with E-state index in [0.29, 0.717) is 18.0 Å². The number of urea groups is 1. The number of fused-ring (bicyclic) bond motifs is 1. The van der Waals surface area contributed by atoms with Crippen molar-refractivity contribution in [2.24, 2.45) is 0 Å². The maximum Gasteiger partial charge on any atom is 0.322 e. The summed E-state index contributed by atoms with van der Waals surface area (Å²) in [5, 5.41) is 5.70. The standard InChI is InChI=1S/C28H24F3N5O3/c1-39-21-8-5-17(6-9-21)15-32-27-34-25-11-12-35(28(38)33-19-7-10-23(30)24(31)14-19)16-22(25)26(37)36(27)20-4-2-3-18(29)13-20/h2-10,13-14H,11-12,15-16H2,1H3,(H,32,34)(H,33,38). The number of rotatable bonds is 6. The second-order valence-corrected chi connectivity index (χ2v) is 8.91. The molecule has 0 fully saturated rings. The van der Waals surface area contributed by atoms with Crippen LogP contribution in [0.2, 0.25) is 0 Å². The second-order valence-electron chi connectivity index (χ2n) is 8.91. The van der Waals surface area contributed by atoms with Gasteiger partial charge in [0.25, 0.3) is 5.56 Å². The number of methoxy groups -OCH3 is 1. The molecular formula is C28H24F3N5O3. The Bertz CT molecular complexity index is 1590. The molecule has 5 rings (SSSR count). The Hall–Kier alpha value is -4.80. The van der Waals surface area contributed by atoms with Gasteiger partial charge in [-0.05, 0) is 48.0 Å². The van der Waals surface area contributed by atoms with Crippen LogP contribution in [0.5, 0.6) is 5.75 Å². The lowest BCUT2D eigenvalue weighted by molar-refractivity contribution is 0.205. The number of carbonyl (C=O) groups excluding carboxylic acids is 1. The van der Waals surface area contributed by atoms with Gasteiger partial charge in [-0.25, -0.2) is 27.5 Å². The normalized spacial score (nSPS) is 12.6. The summed E-state index contributed by atoms with van der Waals surface area (Å²) in [6.45, 7) is 0.523. The van der Waals surface area contributed by atoms with Crippen molar-refractivity contribution >= 4 is 17.7 Å². The van der Waals surface area contributed by atoms with Crippen LogP contribution in [0.25, 0.3) is 5.69 Å². The fourth-order valence-electron chi connectivity index (χ4n) is 4.32. The highest BCUT2D eigenvalue weighted by Gasteiger charge is 2.27. The molecule has 0 atom stereocenters. The molecule has 11 heteroatoms. The smallest absolute Gasteiger partial charge is 0.322 e. The summed E-state index contributed by atoms with van der Waals surface area (Å²) < 4.78 is 47.4. The largest absolute Gasteiger partial charge is 0.497 e. The van der Waals surface area contributed by atoms with Gasteiger partial charge in [-0.2, -0.15) is 0 Å². The topological polar surface area (TPSA) is 88.5 Å². The summed E-state index contributed by atoms with van der Waals surface area (Å²) >= 11 is 0. The third kappa shape index (κ3) is 5.57. The molecule has 2 amide bonds. The van der Waals surface area contributed by atoms with Gasteiger partial charge in [0.2, 0.25) is 5.95 Å². The van der Waals surface area contributed by atoms with Crippen molar-refractivity contribution in [2.45, 2.75) is 19.5 Å². The van der Waals surface area contributed by atoms with Gasteiger partial charge in [-0.1, -0.05) is 18.2 Å². The first kappa shape index (κ1) is 25.8. The highest BCUT2D eigenvalue weighted by atomic mass is 19.2. The number of benzene rings is 3. The van der Waals surface area contributed by atoms with Gasteiger partial charge in [0.05, 0.1) is 30.6 Å². The van der Waals surface area contributed by atoms with E-state index in [1.165, 1.54) is 33.7 Å². The summed E-state index contributed by atoms with van der Waals surface area (Å²) in [6.07, 6.45) is 0.289. The van der Waals surface area contributed by atoms with Crippen molar-refractivity contribution in [1.82, 2.24) is 14.5 Å². The molecule has 1 aliphatic heterocycles. The monoisotopic (exact) mass is 535 g/mol. The predicted octanol–water partition coefficient (Wildman–Crippen LogP) is 4.86. The molecular weight excluding hydrogens is 511 g/mol. The lowest BCUT2D eigenvalue weighted by Gasteiger charge is -2.29. The van der Waals surface area contributed by atoms with Crippen LogP contribution in [0.1, 0.15) is 16.8 Å². The van der Waals surface area contributed by atoms with Gasteiger partial charge in [0.15, 0.2) is 11.6 Å².